The molecule has 2 unspecified atom stereocenters. The highest BCUT2D eigenvalue weighted by molar-refractivity contribution is 5.87. The fourth-order valence-electron chi connectivity index (χ4n) is 3.11. The number of carbonyl (C=O) groups excluding carboxylic acids is 1. The monoisotopic (exact) mass is 282 g/mol. The van der Waals surface area contributed by atoms with Crippen molar-refractivity contribution in [2.75, 3.05) is 32.7 Å². The number of hydrogen-bond acceptors (Lipinski definition) is 2. The number of carbonyl (C=O) groups is 1. The zero-order chi connectivity index (χ0) is 14.5. The molecule has 4 heteroatoms. The maximum Gasteiger partial charge on any atom is 0.246 e. The Balaban J connectivity index is 1.76. The SMILES string of the molecule is CC(C)C1CCCN(C(=O)/C=C/CN2CCC(F)C2)C1. The van der Waals surface area contributed by atoms with Gasteiger partial charge in [0.05, 0.1) is 0 Å². The fourth-order valence-corrected chi connectivity index (χ4v) is 3.11. The van der Waals surface area contributed by atoms with Crippen LogP contribution in [-0.4, -0.2) is 54.6 Å². The van der Waals surface area contributed by atoms with E-state index in [-0.39, 0.29) is 5.91 Å². The highest BCUT2D eigenvalue weighted by Crippen LogP contribution is 2.23. The van der Waals surface area contributed by atoms with Crippen LogP contribution in [0.15, 0.2) is 12.2 Å². The standard InChI is InChI=1S/C16H27FN2O/c1-13(2)14-5-3-9-19(11-14)16(20)6-4-8-18-10-7-15(17)12-18/h4,6,13-15H,3,5,7-12H2,1-2H3/b6-4+. The topological polar surface area (TPSA) is 23.6 Å². The van der Waals surface area contributed by atoms with Crippen LogP contribution in [0.1, 0.15) is 33.1 Å². The summed E-state index contributed by atoms with van der Waals surface area (Å²) in [5, 5.41) is 0. The van der Waals surface area contributed by atoms with Crippen molar-refractivity contribution in [3.05, 3.63) is 12.2 Å². The van der Waals surface area contributed by atoms with Gasteiger partial charge in [-0.15, -0.1) is 0 Å². The van der Waals surface area contributed by atoms with E-state index in [2.05, 4.69) is 18.7 Å². The molecule has 114 valence electrons. The van der Waals surface area contributed by atoms with Gasteiger partial charge in [-0.1, -0.05) is 19.9 Å². The first-order chi connectivity index (χ1) is 9.56. The Labute approximate surface area is 121 Å². The molecule has 0 aromatic heterocycles. The Morgan fingerprint density at radius 2 is 2.10 bits per heavy atom. The second-order valence-corrected chi connectivity index (χ2v) is 6.48. The van der Waals surface area contributed by atoms with Crippen molar-refractivity contribution in [3.63, 3.8) is 0 Å². The quantitative estimate of drug-likeness (QED) is 0.740. The van der Waals surface area contributed by atoms with E-state index in [0.717, 1.165) is 26.1 Å². The lowest BCUT2D eigenvalue weighted by Crippen LogP contribution is -2.40. The third kappa shape index (κ3) is 4.30. The van der Waals surface area contributed by atoms with Gasteiger partial charge in [0, 0.05) is 38.8 Å². The molecule has 2 rings (SSSR count). The van der Waals surface area contributed by atoms with Crippen molar-refractivity contribution in [1.82, 2.24) is 9.80 Å². The van der Waals surface area contributed by atoms with E-state index in [1.807, 2.05) is 11.0 Å². The van der Waals surface area contributed by atoms with Crippen LogP contribution in [0.2, 0.25) is 0 Å². The molecule has 20 heavy (non-hydrogen) atoms. The van der Waals surface area contributed by atoms with Crippen molar-refractivity contribution < 1.29 is 9.18 Å². The molecule has 2 heterocycles. The molecule has 0 radical (unpaired) electrons. The molecule has 2 aliphatic rings. The molecule has 1 amide bonds. The molecule has 0 saturated carbocycles. The van der Waals surface area contributed by atoms with Gasteiger partial charge in [0.1, 0.15) is 6.17 Å². The van der Waals surface area contributed by atoms with Crippen LogP contribution in [-0.2, 0) is 4.79 Å². The number of hydrogen-bond donors (Lipinski definition) is 0. The van der Waals surface area contributed by atoms with Gasteiger partial charge in [-0.25, -0.2) is 4.39 Å². The highest BCUT2D eigenvalue weighted by Gasteiger charge is 2.24. The molecule has 2 saturated heterocycles. The Morgan fingerprint density at radius 3 is 2.75 bits per heavy atom. The summed E-state index contributed by atoms with van der Waals surface area (Å²) >= 11 is 0. The molecule has 2 aliphatic heterocycles. The second-order valence-electron chi connectivity index (χ2n) is 6.48. The molecule has 2 fully saturated rings. The lowest BCUT2D eigenvalue weighted by molar-refractivity contribution is -0.128. The molecule has 0 N–H and O–H groups in total. The number of amides is 1. The largest absolute Gasteiger partial charge is 0.339 e. The minimum absolute atomic E-state index is 0.117. The van der Waals surface area contributed by atoms with E-state index in [4.69, 9.17) is 0 Å². The van der Waals surface area contributed by atoms with Crippen LogP contribution < -0.4 is 0 Å². The van der Waals surface area contributed by atoms with Crippen LogP contribution in [0.4, 0.5) is 4.39 Å². The molecule has 3 nitrogen and oxygen atoms in total. The van der Waals surface area contributed by atoms with E-state index in [9.17, 15) is 9.18 Å². The molecule has 0 aliphatic carbocycles. The third-order valence-electron chi connectivity index (χ3n) is 4.55. The molecule has 2 atom stereocenters. The van der Waals surface area contributed by atoms with E-state index < -0.39 is 6.17 Å². The molecular weight excluding hydrogens is 255 g/mol. The van der Waals surface area contributed by atoms with Gasteiger partial charge in [-0.3, -0.25) is 9.69 Å². The van der Waals surface area contributed by atoms with E-state index >= 15 is 0 Å². The molecule has 0 spiro atoms. The number of rotatable bonds is 4. The summed E-state index contributed by atoms with van der Waals surface area (Å²) in [6, 6.07) is 0. The van der Waals surface area contributed by atoms with Gasteiger partial charge in [0.15, 0.2) is 0 Å². The van der Waals surface area contributed by atoms with Crippen LogP contribution >= 0.6 is 0 Å². The predicted octanol–water partition coefficient (Wildman–Crippen LogP) is 2.48. The number of nitrogens with zero attached hydrogens (tertiary/aromatic N) is 2. The Bertz CT molecular complexity index is 356. The number of piperidine rings is 1. The van der Waals surface area contributed by atoms with Gasteiger partial charge in [0.25, 0.3) is 0 Å². The van der Waals surface area contributed by atoms with E-state index in [0.29, 0.717) is 31.3 Å². The van der Waals surface area contributed by atoms with Crippen LogP contribution in [0.5, 0.6) is 0 Å². The van der Waals surface area contributed by atoms with Crippen molar-refractivity contribution in [2.24, 2.45) is 11.8 Å². The first kappa shape index (κ1) is 15.5. The first-order valence-electron chi connectivity index (χ1n) is 7.88. The maximum atomic E-state index is 13.0. The van der Waals surface area contributed by atoms with Gasteiger partial charge >= 0.3 is 0 Å². The highest BCUT2D eigenvalue weighted by atomic mass is 19.1. The smallest absolute Gasteiger partial charge is 0.246 e. The molecular formula is C16H27FN2O. The maximum absolute atomic E-state index is 13.0. The number of halogens is 1. The summed E-state index contributed by atoms with van der Waals surface area (Å²) in [6.45, 7) is 8.23. The Hall–Kier alpha value is -0.900. The zero-order valence-electron chi connectivity index (χ0n) is 12.7. The third-order valence-corrected chi connectivity index (χ3v) is 4.55. The van der Waals surface area contributed by atoms with Crippen molar-refractivity contribution in [3.8, 4) is 0 Å². The minimum Gasteiger partial charge on any atom is -0.339 e. The van der Waals surface area contributed by atoms with Crippen LogP contribution in [0, 0.1) is 11.8 Å². The summed E-state index contributed by atoms with van der Waals surface area (Å²) in [7, 11) is 0. The molecule has 0 bridgehead atoms. The van der Waals surface area contributed by atoms with Gasteiger partial charge in [-0.05, 0) is 31.1 Å². The normalized spacial score (nSPS) is 28.7. The Kier molecular flexibility index (Phi) is 5.58. The zero-order valence-corrected chi connectivity index (χ0v) is 12.7. The second kappa shape index (κ2) is 7.21. The van der Waals surface area contributed by atoms with Gasteiger partial charge in [-0.2, -0.15) is 0 Å². The summed E-state index contributed by atoms with van der Waals surface area (Å²) in [5.74, 6) is 1.39. The summed E-state index contributed by atoms with van der Waals surface area (Å²) in [5.41, 5.74) is 0. The molecule has 0 aromatic carbocycles. The minimum atomic E-state index is -0.687. The lowest BCUT2D eigenvalue weighted by Gasteiger charge is -2.34. The molecule has 0 aromatic rings. The van der Waals surface area contributed by atoms with Crippen molar-refractivity contribution in [1.29, 1.82) is 0 Å². The summed E-state index contributed by atoms with van der Waals surface area (Å²) < 4.78 is 13.0. The summed E-state index contributed by atoms with van der Waals surface area (Å²) in [4.78, 5) is 16.2. The van der Waals surface area contributed by atoms with Gasteiger partial charge in [0.2, 0.25) is 5.91 Å². The average molecular weight is 282 g/mol. The van der Waals surface area contributed by atoms with Crippen LogP contribution in [0.25, 0.3) is 0 Å². The van der Waals surface area contributed by atoms with Crippen LogP contribution in [0.3, 0.4) is 0 Å². The van der Waals surface area contributed by atoms with Gasteiger partial charge < -0.3 is 4.90 Å². The average Bonchev–Trinajstić information content (AvgIpc) is 2.84. The lowest BCUT2D eigenvalue weighted by atomic mass is 9.88. The Morgan fingerprint density at radius 1 is 1.30 bits per heavy atom. The first-order valence-corrected chi connectivity index (χ1v) is 7.88. The van der Waals surface area contributed by atoms with Crippen molar-refractivity contribution >= 4 is 5.91 Å². The van der Waals surface area contributed by atoms with Crippen molar-refractivity contribution in [2.45, 2.75) is 39.3 Å². The fraction of sp³-hybridized carbons (Fsp3) is 0.812. The predicted molar refractivity (Wildman–Crippen MR) is 79.2 cm³/mol. The van der Waals surface area contributed by atoms with E-state index in [1.165, 1.54) is 6.42 Å². The number of alkyl halides is 1. The van der Waals surface area contributed by atoms with E-state index in [1.54, 1.807) is 6.08 Å². The summed E-state index contributed by atoms with van der Waals surface area (Å²) in [6.07, 6.45) is 5.85. The number of likely N-dealkylation sites (tertiary alicyclic amines) is 2.